The maximum atomic E-state index is 12.8. The Bertz CT molecular complexity index is 1060. The van der Waals surface area contributed by atoms with Gasteiger partial charge in [-0.1, -0.05) is 23.8 Å². The standard InChI is InChI=1S/C20H24ClN7O3S2/c1-27(2)20(31)12(9-23-18(32)16(29)26-15-5-4-11(21)8-22-15)24-17(30)19-25-13-10-28(3)7-6-14(13)33-19/h4-5,8,12H,6-7,9-10H2,1-3H3,(H,23,32)(H,24,30)(H,22,26,29)/t12-/m0/s1. The third-order valence-corrected chi connectivity index (χ3v) is 6.51. The van der Waals surface area contributed by atoms with E-state index in [1.165, 1.54) is 28.5 Å². The molecule has 0 bridgehead atoms. The molecule has 0 aromatic carbocycles. The van der Waals surface area contributed by atoms with E-state index < -0.39 is 17.9 Å². The fourth-order valence-electron chi connectivity index (χ4n) is 3.06. The first-order valence-electron chi connectivity index (χ1n) is 10.0. The van der Waals surface area contributed by atoms with E-state index in [4.69, 9.17) is 23.8 Å². The highest BCUT2D eigenvalue weighted by atomic mass is 35.5. The normalized spacial score (nSPS) is 14.1. The highest BCUT2D eigenvalue weighted by Crippen LogP contribution is 2.24. The van der Waals surface area contributed by atoms with E-state index in [1.807, 2.05) is 7.05 Å². The van der Waals surface area contributed by atoms with Gasteiger partial charge in [-0.15, -0.1) is 11.3 Å². The summed E-state index contributed by atoms with van der Waals surface area (Å²) < 4.78 is 0. The number of hydrogen-bond donors (Lipinski definition) is 3. The third-order valence-electron chi connectivity index (χ3n) is 4.80. The number of nitrogens with one attached hydrogen (secondary N) is 3. The van der Waals surface area contributed by atoms with Gasteiger partial charge in [-0.05, 0) is 25.6 Å². The number of fused-ring (bicyclic) bond motifs is 1. The summed E-state index contributed by atoms with van der Waals surface area (Å²) in [6, 6.07) is 2.17. The predicted octanol–water partition coefficient (Wildman–Crippen LogP) is 0.922. The minimum atomic E-state index is -0.949. The van der Waals surface area contributed by atoms with Gasteiger partial charge in [0.25, 0.3) is 11.8 Å². The topological polar surface area (TPSA) is 120 Å². The monoisotopic (exact) mass is 509 g/mol. The fraction of sp³-hybridized carbons (Fsp3) is 0.400. The Hall–Kier alpha value is -2.67. The molecule has 0 saturated heterocycles. The molecule has 0 saturated carbocycles. The second-order valence-electron chi connectivity index (χ2n) is 7.66. The number of halogens is 1. The fourth-order valence-corrected chi connectivity index (χ4v) is 4.26. The minimum absolute atomic E-state index is 0.0725. The average Bonchev–Trinajstić information content (AvgIpc) is 3.20. The van der Waals surface area contributed by atoms with Crippen LogP contribution in [0, 0.1) is 0 Å². The second kappa shape index (κ2) is 11.0. The highest BCUT2D eigenvalue weighted by molar-refractivity contribution is 7.82. The molecule has 13 heteroatoms. The number of anilines is 1. The van der Waals surface area contributed by atoms with Crippen molar-refractivity contribution in [3.63, 3.8) is 0 Å². The highest BCUT2D eigenvalue weighted by Gasteiger charge is 2.27. The van der Waals surface area contributed by atoms with E-state index in [0.717, 1.165) is 23.5 Å². The van der Waals surface area contributed by atoms with Gasteiger partial charge in [0.05, 0.1) is 10.7 Å². The summed E-state index contributed by atoms with van der Waals surface area (Å²) in [5, 5.41) is 8.72. The van der Waals surface area contributed by atoms with Crippen LogP contribution in [0.1, 0.15) is 20.4 Å². The van der Waals surface area contributed by atoms with Crippen molar-refractivity contribution in [3.8, 4) is 0 Å². The molecule has 0 spiro atoms. The van der Waals surface area contributed by atoms with Crippen LogP contribution in [0.25, 0.3) is 0 Å². The van der Waals surface area contributed by atoms with Gasteiger partial charge in [-0.2, -0.15) is 0 Å². The Morgan fingerprint density at radius 3 is 2.76 bits per heavy atom. The van der Waals surface area contributed by atoms with Crippen molar-refractivity contribution in [2.45, 2.75) is 19.0 Å². The van der Waals surface area contributed by atoms with Gasteiger partial charge in [0.1, 0.15) is 11.9 Å². The largest absolute Gasteiger partial charge is 0.369 e. The quantitative estimate of drug-likeness (QED) is 0.492. The first kappa shape index (κ1) is 25.0. The first-order chi connectivity index (χ1) is 15.6. The van der Waals surface area contributed by atoms with E-state index in [2.05, 4.69) is 30.8 Å². The van der Waals surface area contributed by atoms with Crippen LogP contribution >= 0.6 is 35.2 Å². The lowest BCUT2D eigenvalue weighted by Crippen LogP contribution is -2.53. The predicted molar refractivity (Wildman–Crippen MR) is 131 cm³/mol. The number of aromatic nitrogens is 2. The van der Waals surface area contributed by atoms with E-state index in [0.29, 0.717) is 16.6 Å². The molecule has 0 aliphatic carbocycles. The molecule has 1 aliphatic rings. The maximum Gasteiger partial charge on any atom is 0.284 e. The Morgan fingerprint density at radius 1 is 1.33 bits per heavy atom. The smallest absolute Gasteiger partial charge is 0.284 e. The van der Waals surface area contributed by atoms with Crippen LogP contribution < -0.4 is 16.0 Å². The summed E-state index contributed by atoms with van der Waals surface area (Å²) in [6.45, 7) is 1.52. The van der Waals surface area contributed by atoms with Crippen molar-refractivity contribution in [3.05, 3.63) is 38.9 Å². The number of thiocarbonyl (C=S) groups is 1. The molecule has 0 fully saturated rings. The molecule has 33 heavy (non-hydrogen) atoms. The van der Waals surface area contributed by atoms with Gasteiger partial charge in [-0.25, -0.2) is 9.97 Å². The summed E-state index contributed by atoms with van der Waals surface area (Å²) in [5.41, 5.74) is 0.890. The Labute approximate surface area is 205 Å². The molecule has 2 aromatic heterocycles. The van der Waals surface area contributed by atoms with Gasteiger partial charge >= 0.3 is 0 Å². The molecule has 3 heterocycles. The van der Waals surface area contributed by atoms with Crippen molar-refractivity contribution in [2.24, 2.45) is 0 Å². The van der Waals surface area contributed by atoms with Crippen molar-refractivity contribution in [2.75, 3.05) is 39.5 Å². The summed E-state index contributed by atoms with van der Waals surface area (Å²) >= 11 is 12.2. The Morgan fingerprint density at radius 2 is 2.09 bits per heavy atom. The van der Waals surface area contributed by atoms with Crippen molar-refractivity contribution >= 4 is 63.7 Å². The van der Waals surface area contributed by atoms with E-state index in [-0.39, 0.29) is 23.3 Å². The van der Waals surface area contributed by atoms with Crippen LogP contribution in [0.4, 0.5) is 5.82 Å². The zero-order valence-corrected chi connectivity index (χ0v) is 20.7. The molecule has 0 unspecified atom stereocenters. The second-order valence-corrected chi connectivity index (χ2v) is 9.59. The van der Waals surface area contributed by atoms with E-state index in [1.54, 1.807) is 20.2 Å². The Kier molecular flexibility index (Phi) is 8.30. The number of amides is 3. The number of rotatable bonds is 6. The van der Waals surface area contributed by atoms with E-state index in [9.17, 15) is 14.4 Å². The molecule has 3 rings (SSSR count). The molecule has 0 radical (unpaired) electrons. The number of pyridine rings is 1. The summed E-state index contributed by atoms with van der Waals surface area (Å²) in [4.78, 5) is 50.6. The molecule has 3 N–H and O–H groups in total. The lowest BCUT2D eigenvalue weighted by molar-refractivity contribution is -0.130. The maximum absolute atomic E-state index is 12.8. The molecule has 1 atom stereocenters. The number of nitrogens with zero attached hydrogens (tertiary/aromatic N) is 4. The van der Waals surface area contributed by atoms with Gasteiger partial charge in [-0.3, -0.25) is 14.4 Å². The lowest BCUT2D eigenvalue weighted by atomic mass is 10.2. The molecule has 176 valence electrons. The van der Waals surface area contributed by atoms with Crippen LogP contribution in [0.5, 0.6) is 0 Å². The molecular formula is C20H24ClN7O3S2. The number of carbonyl (C=O) groups is 3. The van der Waals surface area contributed by atoms with Crippen LogP contribution in [0.15, 0.2) is 18.3 Å². The lowest BCUT2D eigenvalue weighted by Gasteiger charge is -2.22. The average molecular weight is 510 g/mol. The number of thiazole rings is 1. The Balaban J connectivity index is 1.62. The zero-order valence-electron chi connectivity index (χ0n) is 18.3. The van der Waals surface area contributed by atoms with Gasteiger partial charge in [0.2, 0.25) is 5.91 Å². The summed E-state index contributed by atoms with van der Waals surface area (Å²) in [7, 11) is 5.16. The van der Waals surface area contributed by atoms with Crippen molar-refractivity contribution in [1.82, 2.24) is 30.4 Å². The van der Waals surface area contributed by atoms with Gasteiger partial charge in [0.15, 0.2) is 10.00 Å². The summed E-state index contributed by atoms with van der Waals surface area (Å²) in [6.07, 6.45) is 2.23. The summed E-state index contributed by atoms with van der Waals surface area (Å²) in [5.74, 6) is -1.11. The van der Waals surface area contributed by atoms with Crippen molar-refractivity contribution in [1.29, 1.82) is 0 Å². The van der Waals surface area contributed by atoms with Crippen LogP contribution in [0.3, 0.4) is 0 Å². The van der Waals surface area contributed by atoms with Crippen LogP contribution in [-0.2, 0) is 22.6 Å². The number of carbonyl (C=O) groups excluding carboxylic acids is 3. The SMILES string of the molecule is CN1CCc2sc(C(=O)N[C@@H](CNC(=S)C(=O)Nc3ccc(Cl)cn3)C(=O)N(C)C)nc2C1. The molecule has 2 aromatic rings. The molecule has 3 amide bonds. The number of hydrogen-bond acceptors (Lipinski definition) is 8. The third kappa shape index (κ3) is 6.67. The number of likely N-dealkylation sites (N-methyl/N-ethyl adjacent to an activating group) is 2. The minimum Gasteiger partial charge on any atom is -0.369 e. The molecular weight excluding hydrogens is 486 g/mol. The van der Waals surface area contributed by atoms with Crippen molar-refractivity contribution < 1.29 is 14.4 Å². The van der Waals surface area contributed by atoms with Gasteiger partial charge < -0.3 is 25.8 Å². The van der Waals surface area contributed by atoms with Gasteiger partial charge in [0, 0.05) is 44.8 Å². The van der Waals surface area contributed by atoms with Crippen LogP contribution in [0.2, 0.25) is 5.02 Å². The van der Waals surface area contributed by atoms with E-state index >= 15 is 0 Å². The molecule has 1 aliphatic heterocycles. The zero-order chi connectivity index (χ0) is 24.1. The first-order valence-corrected chi connectivity index (χ1v) is 11.6. The van der Waals surface area contributed by atoms with Crippen LogP contribution in [-0.4, -0.2) is 82.8 Å². The molecule has 10 nitrogen and oxygen atoms in total.